The van der Waals surface area contributed by atoms with Crippen LogP contribution in [0.1, 0.15) is 37.6 Å². The second-order valence-corrected chi connectivity index (χ2v) is 6.19. The molecule has 0 aliphatic heterocycles. The predicted molar refractivity (Wildman–Crippen MR) is 110 cm³/mol. The summed E-state index contributed by atoms with van der Waals surface area (Å²) < 4.78 is 11.2. The number of rotatable bonds is 10. The smallest absolute Gasteiger partial charge is 0.262 e. The molecule has 0 atom stereocenters. The number of amides is 2. The summed E-state index contributed by atoms with van der Waals surface area (Å²) in [5, 5.41) is 2.77. The third-order valence-corrected chi connectivity index (χ3v) is 4.14. The Labute approximate surface area is 166 Å². The number of carbonyl (C=O) groups is 2. The van der Waals surface area contributed by atoms with Crippen molar-refractivity contribution in [2.45, 2.75) is 27.2 Å². The van der Waals surface area contributed by atoms with Crippen molar-refractivity contribution >= 4 is 17.5 Å². The molecule has 0 heterocycles. The molecule has 2 rings (SSSR count). The van der Waals surface area contributed by atoms with Crippen LogP contribution in [0, 0.1) is 0 Å². The lowest BCUT2D eigenvalue weighted by atomic mass is 10.2. The summed E-state index contributed by atoms with van der Waals surface area (Å²) in [5.41, 5.74) is 1.21. The minimum Gasteiger partial charge on any atom is -0.490 e. The summed E-state index contributed by atoms with van der Waals surface area (Å²) in [7, 11) is 0. The van der Waals surface area contributed by atoms with Gasteiger partial charge in [-0.05, 0) is 56.7 Å². The summed E-state index contributed by atoms with van der Waals surface area (Å²) >= 11 is 0. The van der Waals surface area contributed by atoms with Gasteiger partial charge < -0.3 is 19.7 Å². The van der Waals surface area contributed by atoms with E-state index < -0.39 is 0 Å². The Morgan fingerprint density at radius 3 is 2.07 bits per heavy atom. The summed E-state index contributed by atoms with van der Waals surface area (Å²) in [6.45, 7) is 7.70. The Morgan fingerprint density at radius 2 is 1.50 bits per heavy atom. The highest BCUT2D eigenvalue weighted by atomic mass is 16.5. The zero-order valence-electron chi connectivity index (χ0n) is 16.7. The molecule has 0 spiro atoms. The Hall–Kier alpha value is -3.02. The molecule has 1 N–H and O–H groups in total. The predicted octanol–water partition coefficient (Wildman–Crippen LogP) is 3.97. The molecule has 6 nitrogen and oxygen atoms in total. The van der Waals surface area contributed by atoms with E-state index in [2.05, 4.69) is 5.32 Å². The van der Waals surface area contributed by atoms with Crippen LogP contribution in [0.3, 0.4) is 0 Å². The largest absolute Gasteiger partial charge is 0.490 e. The molecule has 28 heavy (non-hydrogen) atoms. The zero-order chi connectivity index (χ0) is 20.4. The summed E-state index contributed by atoms with van der Waals surface area (Å²) in [6, 6.07) is 14.1. The molecule has 0 radical (unpaired) electrons. The maximum Gasteiger partial charge on any atom is 0.262 e. The number of ether oxygens (including phenoxy) is 2. The van der Waals surface area contributed by atoms with Crippen molar-refractivity contribution < 1.29 is 19.1 Å². The van der Waals surface area contributed by atoms with Gasteiger partial charge in [0.25, 0.3) is 11.8 Å². The number of hydrogen-bond donors (Lipinski definition) is 1. The first kappa shape index (κ1) is 21.3. The number of carbonyl (C=O) groups excluding carboxylic acids is 2. The molecular formula is C22H28N2O4. The van der Waals surface area contributed by atoms with Gasteiger partial charge in [-0.1, -0.05) is 19.1 Å². The standard InChI is InChI=1S/C22H28N2O4/c1-4-15-27-19-9-7-8-10-20(19)28-16-21(25)23-18-13-11-17(12-14-18)22(26)24(5-2)6-3/h7-14H,4-6,15-16H2,1-3H3,(H,23,25). The molecule has 2 aromatic rings. The zero-order valence-corrected chi connectivity index (χ0v) is 16.7. The van der Waals surface area contributed by atoms with E-state index in [0.717, 1.165) is 6.42 Å². The Kier molecular flexibility index (Phi) is 8.34. The lowest BCUT2D eigenvalue weighted by Gasteiger charge is -2.18. The molecule has 0 aliphatic rings. The average Bonchev–Trinajstić information content (AvgIpc) is 2.72. The van der Waals surface area contributed by atoms with Crippen molar-refractivity contribution in [2.24, 2.45) is 0 Å². The topological polar surface area (TPSA) is 67.9 Å². The molecule has 150 valence electrons. The molecule has 0 bridgehead atoms. The molecule has 2 amide bonds. The highest BCUT2D eigenvalue weighted by molar-refractivity contribution is 5.96. The third-order valence-electron chi connectivity index (χ3n) is 4.14. The van der Waals surface area contributed by atoms with E-state index in [1.807, 2.05) is 39.0 Å². The quantitative estimate of drug-likeness (QED) is 0.673. The van der Waals surface area contributed by atoms with Crippen molar-refractivity contribution in [3.8, 4) is 11.5 Å². The van der Waals surface area contributed by atoms with Gasteiger partial charge in [0.1, 0.15) is 0 Å². The van der Waals surface area contributed by atoms with Gasteiger partial charge in [0.15, 0.2) is 18.1 Å². The highest BCUT2D eigenvalue weighted by Crippen LogP contribution is 2.26. The Balaban J connectivity index is 1.91. The van der Waals surface area contributed by atoms with Crippen LogP contribution < -0.4 is 14.8 Å². The molecule has 0 aliphatic carbocycles. The van der Waals surface area contributed by atoms with Crippen LogP contribution >= 0.6 is 0 Å². The molecule has 0 fully saturated rings. The molecule has 0 saturated heterocycles. The fraction of sp³-hybridized carbons (Fsp3) is 0.364. The number of benzene rings is 2. The van der Waals surface area contributed by atoms with E-state index >= 15 is 0 Å². The normalized spacial score (nSPS) is 10.2. The monoisotopic (exact) mass is 384 g/mol. The van der Waals surface area contributed by atoms with E-state index in [1.165, 1.54) is 0 Å². The van der Waals surface area contributed by atoms with Gasteiger partial charge in [-0.3, -0.25) is 9.59 Å². The van der Waals surface area contributed by atoms with E-state index in [-0.39, 0.29) is 18.4 Å². The maximum absolute atomic E-state index is 12.3. The van der Waals surface area contributed by atoms with Crippen molar-refractivity contribution in [3.05, 3.63) is 54.1 Å². The Bertz CT molecular complexity index is 770. The fourth-order valence-corrected chi connectivity index (χ4v) is 2.63. The lowest BCUT2D eigenvalue weighted by Crippen LogP contribution is -2.30. The second-order valence-electron chi connectivity index (χ2n) is 6.19. The number of nitrogens with one attached hydrogen (secondary N) is 1. The van der Waals surface area contributed by atoms with Gasteiger partial charge in [0.2, 0.25) is 0 Å². The number of anilines is 1. The first-order valence-electron chi connectivity index (χ1n) is 9.62. The van der Waals surface area contributed by atoms with Crippen LogP contribution in [0.25, 0.3) is 0 Å². The van der Waals surface area contributed by atoms with E-state index in [1.54, 1.807) is 35.2 Å². The first-order chi connectivity index (χ1) is 13.6. The first-order valence-corrected chi connectivity index (χ1v) is 9.62. The average molecular weight is 384 g/mol. The van der Waals surface area contributed by atoms with Gasteiger partial charge in [-0.15, -0.1) is 0 Å². The van der Waals surface area contributed by atoms with Crippen molar-refractivity contribution in [1.29, 1.82) is 0 Å². The van der Waals surface area contributed by atoms with Crippen LogP contribution in [0.4, 0.5) is 5.69 Å². The van der Waals surface area contributed by atoms with Crippen molar-refractivity contribution in [2.75, 3.05) is 31.6 Å². The maximum atomic E-state index is 12.3. The van der Waals surface area contributed by atoms with Gasteiger partial charge in [-0.2, -0.15) is 0 Å². The third kappa shape index (κ3) is 6.01. The van der Waals surface area contributed by atoms with Crippen LogP contribution in [0.15, 0.2) is 48.5 Å². The van der Waals surface area contributed by atoms with Gasteiger partial charge >= 0.3 is 0 Å². The lowest BCUT2D eigenvalue weighted by molar-refractivity contribution is -0.118. The van der Waals surface area contributed by atoms with E-state index in [0.29, 0.717) is 42.4 Å². The van der Waals surface area contributed by atoms with Gasteiger partial charge in [-0.25, -0.2) is 0 Å². The van der Waals surface area contributed by atoms with E-state index in [9.17, 15) is 9.59 Å². The number of para-hydroxylation sites is 2. The minimum atomic E-state index is -0.284. The molecule has 0 saturated carbocycles. The van der Waals surface area contributed by atoms with E-state index in [4.69, 9.17) is 9.47 Å². The van der Waals surface area contributed by atoms with Crippen LogP contribution in [0.5, 0.6) is 11.5 Å². The number of hydrogen-bond acceptors (Lipinski definition) is 4. The minimum absolute atomic E-state index is 0.0186. The molecule has 0 unspecified atom stereocenters. The SMILES string of the molecule is CCCOc1ccccc1OCC(=O)Nc1ccc(C(=O)N(CC)CC)cc1. The summed E-state index contributed by atoms with van der Waals surface area (Å²) in [4.78, 5) is 26.2. The van der Waals surface area contributed by atoms with Gasteiger partial charge in [0, 0.05) is 24.3 Å². The van der Waals surface area contributed by atoms with Crippen molar-refractivity contribution in [3.63, 3.8) is 0 Å². The van der Waals surface area contributed by atoms with Crippen molar-refractivity contribution in [1.82, 2.24) is 4.90 Å². The van der Waals surface area contributed by atoms with Gasteiger partial charge in [0.05, 0.1) is 6.61 Å². The van der Waals surface area contributed by atoms with Crippen LogP contribution in [-0.2, 0) is 4.79 Å². The Morgan fingerprint density at radius 1 is 0.893 bits per heavy atom. The number of nitrogens with zero attached hydrogens (tertiary/aromatic N) is 1. The molecule has 0 aromatic heterocycles. The molecule has 2 aromatic carbocycles. The summed E-state index contributed by atoms with van der Waals surface area (Å²) in [5.74, 6) is 0.852. The van der Waals surface area contributed by atoms with Crippen LogP contribution in [-0.4, -0.2) is 43.0 Å². The fourth-order valence-electron chi connectivity index (χ4n) is 2.63. The molecule has 6 heteroatoms. The molecular weight excluding hydrogens is 356 g/mol. The second kappa shape index (κ2) is 11.0. The van der Waals surface area contributed by atoms with Crippen LogP contribution in [0.2, 0.25) is 0 Å². The highest BCUT2D eigenvalue weighted by Gasteiger charge is 2.13. The summed E-state index contributed by atoms with van der Waals surface area (Å²) in [6.07, 6.45) is 0.890.